The Labute approximate surface area is 48.4 Å². The fraction of sp³-hybridized carbons (Fsp3) is 0.600. The zero-order valence-corrected chi connectivity index (χ0v) is 4.59. The summed E-state index contributed by atoms with van der Waals surface area (Å²) < 4.78 is 0. The van der Waals surface area contributed by atoms with Crippen LogP contribution in [0.1, 0.15) is 6.42 Å². The highest BCUT2D eigenvalue weighted by Crippen LogP contribution is 1.93. The van der Waals surface area contributed by atoms with Crippen molar-refractivity contribution in [1.29, 1.82) is 0 Å². The van der Waals surface area contributed by atoms with Crippen molar-refractivity contribution < 1.29 is 5.11 Å². The van der Waals surface area contributed by atoms with Gasteiger partial charge in [-0.1, -0.05) is 6.08 Å². The third kappa shape index (κ3) is 1.21. The topological polar surface area (TPSA) is 44.3 Å². The molecule has 0 saturated carbocycles. The van der Waals surface area contributed by atoms with Gasteiger partial charge >= 0.3 is 0 Å². The molecule has 0 aromatic rings. The summed E-state index contributed by atoms with van der Waals surface area (Å²) in [4.78, 5) is 0. The summed E-state index contributed by atoms with van der Waals surface area (Å²) in [5.74, 6) is 0. The van der Waals surface area contributed by atoms with Gasteiger partial charge < -0.3 is 10.5 Å². The molecule has 1 atom stereocenters. The summed E-state index contributed by atoms with van der Waals surface area (Å²) in [5, 5.41) is 8.55. The van der Waals surface area contributed by atoms with Crippen molar-refractivity contribution in [3.63, 3.8) is 0 Å². The number of hydrogen-bond donors (Lipinski definition) is 3. The van der Waals surface area contributed by atoms with Crippen LogP contribution in [0.4, 0.5) is 0 Å². The van der Waals surface area contributed by atoms with Crippen LogP contribution >= 0.6 is 0 Å². The molecule has 3 nitrogen and oxygen atoms in total. The molecule has 0 aromatic heterocycles. The molecule has 0 spiro atoms. The lowest BCUT2D eigenvalue weighted by atomic mass is 10.2. The summed E-state index contributed by atoms with van der Waals surface area (Å²) in [6.07, 6.45) is 4.72. The first-order chi connectivity index (χ1) is 3.93. The monoisotopic (exact) mass is 114 g/mol. The zero-order valence-electron chi connectivity index (χ0n) is 4.59. The van der Waals surface area contributed by atoms with Gasteiger partial charge in [0, 0.05) is 6.20 Å². The SMILES string of the molecule is OCC1CC=CNN1. The molecule has 0 amide bonds. The van der Waals surface area contributed by atoms with Crippen LogP contribution in [0.5, 0.6) is 0 Å². The maximum absolute atomic E-state index is 8.55. The van der Waals surface area contributed by atoms with E-state index in [-0.39, 0.29) is 12.6 Å². The van der Waals surface area contributed by atoms with E-state index in [2.05, 4.69) is 10.9 Å². The van der Waals surface area contributed by atoms with E-state index >= 15 is 0 Å². The van der Waals surface area contributed by atoms with Gasteiger partial charge in [0.1, 0.15) is 0 Å². The Kier molecular flexibility index (Phi) is 1.88. The second kappa shape index (κ2) is 2.69. The Bertz CT molecular complexity index is 92.4. The van der Waals surface area contributed by atoms with Crippen LogP contribution in [0.15, 0.2) is 12.3 Å². The van der Waals surface area contributed by atoms with Gasteiger partial charge in [-0.05, 0) is 6.42 Å². The van der Waals surface area contributed by atoms with Crippen molar-refractivity contribution >= 4 is 0 Å². The van der Waals surface area contributed by atoms with Gasteiger partial charge in [-0.2, -0.15) is 0 Å². The van der Waals surface area contributed by atoms with E-state index in [4.69, 9.17) is 5.11 Å². The molecular formula is C5H10N2O. The molecule has 0 saturated heterocycles. The van der Waals surface area contributed by atoms with Crippen molar-refractivity contribution in [3.8, 4) is 0 Å². The lowest BCUT2D eigenvalue weighted by Gasteiger charge is -2.17. The molecule has 1 aliphatic rings. The molecule has 1 aliphatic heterocycles. The molecular weight excluding hydrogens is 104 g/mol. The Morgan fingerprint density at radius 1 is 1.75 bits per heavy atom. The second-order valence-electron chi connectivity index (χ2n) is 1.81. The van der Waals surface area contributed by atoms with Crippen LogP contribution in [0.3, 0.4) is 0 Å². The third-order valence-corrected chi connectivity index (χ3v) is 1.13. The van der Waals surface area contributed by atoms with Crippen molar-refractivity contribution in [2.45, 2.75) is 12.5 Å². The maximum Gasteiger partial charge on any atom is 0.0605 e. The van der Waals surface area contributed by atoms with E-state index < -0.39 is 0 Å². The summed E-state index contributed by atoms with van der Waals surface area (Å²) in [7, 11) is 0. The summed E-state index contributed by atoms with van der Waals surface area (Å²) in [6.45, 7) is 0.192. The summed E-state index contributed by atoms with van der Waals surface area (Å²) in [6, 6.07) is 0.194. The highest BCUT2D eigenvalue weighted by Gasteiger charge is 2.04. The fourth-order valence-corrected chi connectivity index (χ4v) is 0.636. The average molecular weight is 114 g/mol. The first-order valence-electron chi connectivity index (χ1n) is 2.70. The first kappa shape index (κ1) is 5.59. The molecule has 0 aromatic carbocycles. The predicted molar refractivity (Wildman–Crippen MR) is 30.9 cm³/mol. The minimum Gasteiger partial charge on any atom is -0.395 e. The van der Waals surface area contributed by atoms with Gasteiger partial charge in [0.15, 0.2) is 0 Å². The number of rotatable bonds is 1. The number of hydrogen-bond acceptors (Lipinski definition) is 3. The van der Waals surface area contributed by atoms with Crippen LogP contribution < -0.4 is 10.9 Å². The molecule has 1 rings (SSSR count). The van der Waals surface area contributed by atoms with E-state index in [1.807, 2.05) is 12.3 Å². The van der Waals surface area contributed by atoms with Gasteiger partial charge in [-0.3, -0.25) is 0 Å². The molecule has 3 N–H and O–H groups in total. The molecule has 3 heteroatoms. The van der Waals surface area contributed by atoms with E-state index in [9.17, 15) is 0 Å². The first-order valence-corrected chi connectivity index (χ1v) is 2.70. The average Bonchev–Trinajstić information content (AvgIpc) is 1.90. The minimum absolute atomic E-state index is 0.192. The second-order valence-corrected chi connectivity index (χ2v) is 1.81. The Morgan fingerprint density at radius 2 is 2.62 bits per heavy atom. The van der Waals surface area contributed by atoms with Crippen molar-refractivity contribution in [3.05, 3.63) is 12.3 Å². The summed E-state index contributed by atoms with van der Waals surface area (Å²) in [5.41, 5.74) is 5.68. The van der Waals surface area contributed by atoms with E-state index in [1.54, 1.807) is 0 Å². The van der Waals surface area contributed by atoms with Gasteiger partial charge in [-0.15, -0.1) is 0 Å². The van der Waals surface area contributed by atoms with E-state index in [1.165, 1.54) is 0 Å². The van der Waals surface area contributed by atoms with Crippen molar-refractivity contribution in [2.75, 3.05) is 6.61 Å². The molecule has 0 fully saturated rings. The van der Waals surface area contributed by atoms with Crippen LogP contribution in [-0.2, 0) is 0 Å². The highest BCUT2D eigenvalue weighted by atomic mass is 16.3. The molecule has 1 heterocycles. The van der Waals surface area contributed by atoms with E-state index in [0.29, 0.717) is 0 Å². The minimum atomic E-state index is 0.192. The van der Waals surface area contributed by atoms with Gasteiger partial charge in [0.25, 0.3) is 0 Å². The molecule has 8 heavy (non-hydrogen) atoms. The van der Waals surface area contributed by atoms with Gasteiger partial charge in [0.05, 0.1) is 12.6 Å². The Balaban J connectivity index is 2.27. The molecule has 1 unspecified atom stereocenters. The fourth-order valence-electron chi connectivity index (χ4n) is 0.636. The number of aliphatic hydroxyl groups is 1. The molecule has 0 radical (unpaired) electrons. The van der Waals surface area contributed by atoms with Gasteiger partial charge in [0.2, 0.25) is 0 Å². The lowest BCUT2D eigenvalue weighted by Crippen LogP contribution is -2.42. The number of aliphatic hydroxyl groups excluding tert-OH is 1. The molecule has 0 aliphatic carbocycles. The lowest BCUT2D eigenvalue weighted by molar-refractivity contribution is 0.232. The highest BCUT2D eigenvalue weighted by molar-refractivity contribution is 4.88. The molecule has 46 valence electrons. The third-order valence-electron chi connectivity index (χ3n) is 1.13. The Hall–Kier alpha value is -0.540. The van der Waals surface area contributed by atoms with E-state index in [0.717, 1.165) is 6.42 Å². The smallest absolute Gasteiger partial charge is 0.0605 e. The molecule has 0 bridgehead atoms. The number of nitrogens with one attached hydrogen (secondary N) is 2. The van der Waals surface area contributed by atoms with Crippen LogP contribution in [0.25, 0.3) is 0 Å². The van der Waals surface area contributed by atoms with Crippen LogP contribution in [0, 0.1) is 0 Å². The quantitative estimate of drug-likeness (QED) is 0.425. The zero-order chi connectivity index (χ0) is 5.82. The predicted octanol–water partition coefficient (Wildman–Crippen LogP) is -0.641. The van der Waals surface area contributed by atoms with Crippen molar-refractivity contribution in [2.24, 2.45) is 0 Å². The summed E-state index contributed by atoms with van der Waals surface area (Å²) >= 11 is 0. The van der Waals surface area contributed by atoms with Crippen LogP contribution in [-0.4, -0.2) is 17.8 Å². The standard InChI is InChI=1S/C5H10N2O/c8-4-5-2-1-3-6-7-5/h1,3,5-8H,2,4H2. The number of hydrazine groups is 1. The van der Waals surface area contributed by atoms with Gasteiger partial charge in [-0.25, -0.2) is 5.43 Å². The Morgan fingerprint density at radius 3 is 3.00 bits per heavy atom. The van der Waals surface area contributed by atoms with Crippen LogP contribution in [0.2, 0.25) is 0 Å². The maximum atomic E-state index is 8.55. The van der Waals surface area contributed by atoms with Crippen molar-refractivity contribution in [1.82, 2.24) is 10.9 Å². The largest absolute Gasteiger partial charge is 0.395 e. The normalized spacial score (nSPS) is 27.4.